The lowest BCUT2D eigenvalue weighted by atomic mass is 10.1. The van der Waals surface area contributed by atoms with Crippen molar-refractivity contribution >= 4 is 11.6 Å². The minimum atomic E-state index is 0. The van der Waals surface area contributed by atoms with Crippen molar-refractivity contribution in [3.8, 4) is 0 Å². The molecule has 2 rings (SSSR count). The van der Waals surface area contributed by atoms with Crippen molar-refractivity contribution in [1.29, 1.82) is 0 Å². The molecule has 0 saturated heterocycles. The van der Waals surface area contributed by atoms with E-state index in [9.17, 15) is 4.79 Å². The van der Waals surface area contributed by atoms with Crippen LogP contribution in [0.4, 0.5) is 0 Å². The zero-order chi connectivity index (χ0) is 12.8. The molecule has 1 amide bonds. The molecule has 7 heteroatoms. The molecule has 0 bridgehead atoms. The molecule has 0 aliphatic carbocycles. The third kappa shape index (κ3) is 6.64. The summed E-state index contributed by atoms with van der Waals surface area (Å²) >= 11 is 0. The fourth-order valence-corrected chi connectivity index (χ4v) is 1.13. The zero-order valence-electron chi connectivity index (χ0n) is 10.6. The first kappa shape index (κ1) is 19.5. The van der Waals surface area contributed by atoms with Gasteiger partial charge in [-0.15, -0.1) is 10.2 Å². The number of hydrogen-bond acceptors (Lipinski definition) is 5. The smallest absolute Gasteiger partial charge is 0.245 e. The molecule has 1 aromatic heterocycles. The van der Waals surface area contributed by atoms with Gasteiger partial charge in [0, 0.05) is 5.92 Å². The number of tetrazole rings is 1. The Labute approximate surface area is 115 Å². The Morgan fingerprint density at radius 3 is 1.95 bits per heavy atom. The Morgan fingerprint density at radius 2 is 1.74 bits per heavy atom. The van der Waals surface area contributed by atoms with Crippen LogP contribution in [-0.4, -0.2) is 32.2 Å². The molecule has 0 fully saturated rings. The molecule has 7 nitrogen and oxygen atoms in total. The Bertz CT molecular complexity index is 383. The number of H-pyrrole nitrogens is 1. The van der Waals surface area contributed by atoms with Crippen molar-refractivity contribution in [3.63, 3.8) is 0 Å². The number of amides is 1. The Hall–Kier alpha value is -1.79. The SMILES string of the molecule is C.C.CC(C)C1=NNC(=O)C1.CC(C)c1nn[nH]n1. The Morgan fingerprint density at radius 1 is 1.11 bits per heavy atom. The van der Waals surface area contributed by atoms with Crippen molar-refractivity contribution in [2.24, 2.45) is 11.0 Å². The van der Waals surface area contributed by atoms with Crippen molar-refractivity contribution < 1.29 is 4.79 Å². The van der Waals surface area contributed by atoms with Gasteiger partial charge in [0.15, 0.2) is 5.82 Å². The second-order valence-electron chi connectivity index (χ2n) is 4.39. The van der Waals surface area contributed by atoms with Gasteiger partial charge < -0.3 is 0 Å². The fraction of sp³-hybridized carbons (Fsp3) is 0.750. The maximum Gasteiger partial charge on any atom is 0.245 e. The van der Waals surface area contributed by atoms with Gasteiger partial charge in [-0.1, -0.05) is 47.8 Å². The summed E-state index contributed by atoms with van der Waals surface area (Å²) in [6, 6.07) is 0. The number of aromatic nitrogens is 4. The number of rotatable bonds is 2. The summed E-state index contributed by atoms with van der Waals surface area (Å²) in [5.41, 5.74) is 3.36. The summed E-state index contributed by atoms with van der Waals surface area (Å²) in [6.45, 7) is 8.09. The van der Waals surface area contributed by atoms with E-state index in [0.29, 0.717) is 18.3 Å². The normalized spacial score (nSPS) is 12.9. The molecule has 0 aromatic carbocycles. The van der Waals surface area contributed by atoms with Crippen LogP contribution in [0.15, 0.2) is 5.10 Å². The maximum atomic E-state index is 10.5. The van der Waals surface area contributed by atoms with E-state index >= 15 is 0 Å². The van der Waals surface area contributed by atoms with E-state index in [4.69, 9.17) is 0 Å². The van der Waals surface area contributed by atoms with Crippen LogP contribution in [0, 0.1) is 5.92 Å². The van der Waals surface area contributed by atoms with Gasteiger partial charge in [0.05, 0.1) is 12.1 Å². The molecule has 0 atom stereocenters. The predicted molar refractivity (Wildman–Crippen MR) is 76.8 cm³/mol. The second kappa shape index (κ2) is 9.18. The molecule has 2 heterocycles. The van der Waals surface area contributed by atoms with Gasteiger partial charge >= 0.3 is 0 Å². The Kier molecular flexibility index (Phi) is 9.45. The summed E-state index contributed by atoms with van der Waals surface area (Å²) < 4.78 is 0. The first-order valence-electron chi connectivity index (χ1n) is 5.59. The number of carbonyl (C=O) groups excluding carboxylic acids is 1. The van der Waals surface area contributed by atoms with E-state index in [-0.39, 0.29) is 20.8 Å². The first-order valence-corrected chi connectivity index (χ1v) is 5.59. The van der Waals surface area contributed by atoms with Crippen molar-refractivity contribution in [2.45, 2.75) is 54.9 Å². The average molecular weight is 270 g/mol. The highest BCUT2D eigenvalue weighted by Gasteiger charge is 2.16. The molecule has 0 radical (unpaired) electrons. The third-order valence-electron chi connectivity index (χ3n) is 2.21. The van der Waals surface area contributed by atoms with Crippen molar-refractivity contribution in [3.05, 3.63) is 5.82 Å². The number of aromatic amines is 1. The molecule has 0 unspecified atom stereocenters. The molecular weight excluding hydrogens is 244 g/mol. The number of hydrazone groups is 1. The lowest BCUT2D eigenvalue weighted by Crippen LogP contribution is -2.10. The third-order valence-corrected chi connectivity index (χ3v) is 2.21. The van der Waals surface area contributed by atoms with E-state index in [2.05, 4.69) is 31.2 Å². The zero-order valence-corrected chi connectivity index (χ0v) is 10.6. The highest BCUT2D eigenvalue weighted by Crippen LogP contribution is 2.05. The van der Waals surface area contributed by atoms with Crippen LogP contribution in [0.3, 0.4) is 0 Å². The summed E-state index contributed by atoms with van der Waals surface area (Å²) in [5, 5.41) is 17.2. The Balaban J connectivity index is 0. The van der Waals surface area contributed by atoms with Crippen LogP contribution in [0.1, 0.15) is 60.7 Å². The van der Waals surface area contributed by atoms with Crippen LogP contribution >= 0.6 is 0 Å². The molecule has 1 aliphatic heterocycles. The predicted octanol–water partition coefficient (Wildman–Crippen LogP) is 2.11. The lowest BCUT2D eigenvalue weighted by molar-refractivity contribution is -0.119. The van der Waals surface area contributed by atoms with Gasteiger partial charge in [0.2, 0.25) is 5.91 Å². The molecule has 110 valence electrons. The van der Waals surface area contributed by atoms with Gasteiger partial charge in [-0.05, 0) is 5.92 Å². The van der Waals surface area contributed by atoms with Crippen LogP contribution in [0.2, 0.25) is 0 Å². The fourth-order valence-electron chi connectivity index (χ4n) is 1.13. The van der Waals surface area contributed by atoms with E-state index in [1.807, 2.05) is 27.7 Å². The molecular formula is C12H26N6O. The van der Waals surface area contributed by atoms with Crippen LogP contribution < -0.4 is 5.43 Å². The molecule has 0 spiro atoms. The van der Waals surface area contributed by atoms with Crippen LogP contribution in [0.5, 0.6) is 0 Å². The molecule has 1 aromatic rings. The van der Waals surface area contributed by atoms with Gasteiger partial charge in [0.1, 0.15) is 0 Å². The molecule has 0 saturated carbocycles. The number of nitrogens with one attached hydrogen (secondary N) is 2. The second-order valence-corrected chi connectivity index (χ2v) is 4.39. The monoisotopic (exact) mass is 270 g/mol. The minimum absolute atomic E-state index is 0. The van der Waals surface area contributed by atoms with E-state index in [0.717, 1.165) is 11.5 Å². The van der Waals surface area contributed by atoms with Crippen LogP contribution in [-0.2, 0) is 4.79 Å². The lowest BCUT2D eigenvalue weighted by Gasteiger charge is -1.97. The van der Waals surface area contributed by atoms with Gasteiger partial charge in [-0.25, -0.2) is 5.43 Å². The van der Waals surface area contributed by atoms with E-state index in [1.165, 1.54) is 0 Å². The summed E-state index contributed by atoms with van der Waals surface area (Å²) in [7, 11) is 0. The largest absolute Gasteiger partial charge is 0.273 e. The summed E-state index contributed by atoms with van der Waals surface area (Å²) in [4.78, 5) is 10.5. The first-order chi connectivity index (χ1) is 8.00. The van der Waals surface area contributed by atoms with Gasteiger partial charge in [0.25, 0.3) is 0 Å². The number of nitrogens with zero attached hydrogens (tertiary/aromatic N) is 4. The van der Waals surface area contributed by atoms with Crippen molar-refractivity contribution in [2.75, 3.05) is 0 Å². The molecule has 2 N–H and O–H groups in total. The topological polar surface area (TPSA) is 95.9 Å². The quantitative estimate of drug-likeness (QED) is 0.860. The average Bonchev–Trinajstić information content (AvgIpc) is 2.87. The van der Waals surface area contributed by atoms with Gasteiger partial charge in [-0.2, -0.15) is 10.3 Å². The highest BCUT2D eigenvalue weighted by atomic mass is 16.2. The minimum Gasteiger partial charge on any atom is -0.273 e. The highest BCUT2D eigenvalue weighted by molar-refractivity contribution is 6.05. The van der Waals surface area contributed by atoms with Crippen LogP contribution in [0.25, 0.3) is 0 Å². The maximum absolute atomic E-state index is 10.5. The standard InChI is InChI=1S/C6H10N2O.C4H8N4.2CH4/c1-4(2)5-3-6(9)8-7-5;1-3(2)4-5-7-8-6-4;;/h4H,3H2,1-2H3,(H,8,9);3H,1-2H3,(H,5,6,7,8);2*1H4. The number of carbonyl (C=O) groups is 1. The van der Waals surface area contributed by atoms with E-state index < -0.39 is 0 Å². The molecule has 19 heavy (non-hydrogen) atoms. The number of hydrogen-bond donors (Lipinski definition) is 2. The van der Waals surface area contributed by atoms with Crippen molar-refractivity contribution in [1.82, 2.24) is 26.0 Å². The van der Waals surface area contributed by atoms with Gasteiger partial charge in [-0.3, -0.25) is 4.79 Å². The van der Waals surface area contributed by atoms with E-state index in [1.54, 1.807) is 0 Å². The molecule has 1 aliphatic rings. The summed E-state index contributed by atoms with van der Waals surface area (Å²) in [5.74, 6) is 1.54. The summed E-state index contributed by atoms with van der Waals surface area (Å²) in [6.07, 6.45) is 0.484.